The largest absolute Gasteiger partial charge is 0.369 e. The van der Waals surface area contributed by atoms with Gasteiger partial charge in [0.25, 0.3) is 15.9 Å². The first-order valence-electron chi connectivity index (χ1n) is 12.9. The SMILES string of the molecule is Cc1cc(S(=O)(=O)NC(=O)c2ccc(N3CCN(Cc4ccccc4-c4ccc(Cl)cc4)CC3)cc2)ccc1Br. The number of piperazine rings is 1. The van der Waals surface area contributed by atoms with E-state index in [-0.39, 0.29) is 4.90 Å². The minimum Gasteiger partial charge on any atom is -0.369 e. The van der Waals surface area contributed by atoms with Crippen molar-refractivity contribution in [3.63, 3.8) is 0 Å². The molecule has 1 amide bonds. The van der Waals surface area contributed by atoms with E-state index in [0.717, 1.165) is 59.0 Å². The Bertz CT molecular complexity index is 1620. The van der Waals surface area contributed by atoms with Crippen molar-refractivity contribution < 1.29 is 13.2 Å². The Labute approximate surface area is 248 Å². The number of aryl methyl sites for hydroxylation is 1. The van der Waals surface area contributed by atoms with Crippen molar-refractivity contribution in [3.05, 3.63) is 117 Å². The summed E-state index contributed by atoms with van der Waals surface area (Å²) in [5, 5.41) is 0.729. The van der Waals surface area contributed by atoms with Crippen LogP contribution in [0.4, 0.5) is 5.69 Å². The molecule has 0 saturated carbocycles. The van der Waals surface area contributed by atoms with Gasteiger partial charge in [0.2, 0.25) is 0 Å². The minimum atomic E-state index is -3.97. The Morgan fingerprint density at radius 2 is 1.57 bits per heavy atom. The summed E-state index contributed by atoms with van der Waals surface area (Å²) in [6, 6.07) is 28.1. The van der Waals surface area contributed by atoms with Gasteiger partial charge in [-0.05, 0) is 83.8 Å². The van der Waals surface area contributed by atoms with E-state index in [0.29, 0.717) is 5.56 Å². The highest BCUT2D eigenvalue weighted by molar-refractivity contribution is 9.10. The van der Waals surface area contributed by atoms with Crippen LogP contribution in [-0.4, -0.2) is 45.4 Å². The number of halogens is 2. The van der Waals surface area contributed by atoms with Crippen LogP contribution in [0.25, 0.3) is 11.1 Å². The molecular formula is C31H29BrClN3O3S. The second kappa shape index (κ2) is 12.1. The molecular weight excluding hydrogens is 610 g/mol. The molecule has 0 radical (unpaired) electrons. The van der Waals surface area contributed by atoms with E-state index in [1.165, 1.54) is 23.3 Å². The predicted molar refractivity (Wildman–Crippen MR) is 164 cm³/mol. The van der Waals surface area contributed by atoms with Gasteiger partial charge in [0.15, 0.2) is 0 Å². The molecule has 0 bridgehead atoms. The molecule has 1 aliphatic heterocycles. The molecule has 5 rings (SSSR count). The molecule has 0 aromatic heterocycles. The number of sulfonamides is 1. The zero-order valence-electron chi connectivity index (χ0n) is 22.0. The summed E-state index contributed by atoms with van der Waals surface area (Å²) in [5.41, 5.74) is 5.71. The summed E-state index contributed by atoms with van der Waals surface area (Å²) in [5.74, 6) is -0.656. The van der Waals surface area contributed by atoms with Gasteiger partial charge < -0.3 is 4.90 Å². The van der Waals surface area contributed by atoms with Crippen LogP contribution in [0.5, 0.6) is 0 Å². The zero-order valence-corrected chi connectivity index (χ0v) is 25.1. The fourth-order valence-electron chi connectivity index (χ4n) is 4.82. The quantitative estimate of drug-likeness (QED) is 0.250. The highest BCUT2D eigenvalue weighted by atomic mass is 79.9. The smallest absolute Gasteiger partial charge is 0.264 e. The molecule has 6 nitrogen and oxygen atoms in total. The number of benzene rings is 4. The van der Waals surface area contributed by atoms with Crippen molar-refractivity contribution in [3.8, 4) is 11.1 Å². The second-order valence-electron chi connectivity index (χ2n) is 9.82. The lowest BCUT2D eigenvalue weighted by Gasteiger charge is -2.36. The summed E-state index contributed by atoms with van der Waals surface area (Å²) in [7, 11) is -3.97. The third-order valence-corrected chi connectivity index (χ3v) is 9.57. The van der Waals surface area contributed by atoms with Crippen molar-refractivity contribution in [1.82, 2.24) is 9.62 Å². The van der Waals surface area contributed by atoms with Crippen molar-refractivity contribution in [2.75, 3.05) is 31.1 Å². The number of rotatable bonds is 7. The van der Waals surface area contributed by atoms with Gasteiger partial charge in [-0.3, -0.25) is 9.69 Å². The third-order valence-electron chi connectivity index (χ3n) is 7.10. The predicted octanol–water partition coefficient (Wildman–Crippen LogP) is 6.52. The first-order valence-corrected chi connectivity index (χ1v) is 15.6. The lowest BCUT2D eigenvalue weighted by atomic mass is 9.99. The van der Waals surface area contributed by atoms with Gasteiger partial charge in [-0.25, -0.2) is 13.1 Å². The molecule has 1 aliphatic rings. The van der Waals surface area contributed by atoms with Gasteiger partial charge in [-0.1, -0.05) is 63.9 Å². The van der Waals surface area contributed by atoms with Gasteiger partial charge >= 0.3 is 0 Å². The molecule has 4 aromatic rings. The molecule has 206 valence electrons. The fraction of sp³-hybridized carbons (Fsp3) is 0.194. The fourth-order valence-corrected chi connectivity index (χ4v) is 6.25. The standard InChI is InChI=1S/C31H29BrClN3O3S/c1-22-20-28(14-15-30(22)32)40(38,39)34-31(37)24-8-12-27(13-9-24)36-18-16-35(17-19-36)21-25-4-2-3-5-29(25)23-6-10-26(33)11-7-23/h2-15,20H,16-19,21H2,1H3,(H,34,37). The van der Waals surface area contributed by atoms with Crippen LogP contribution >= 0.6 is 27.5 Å². The van der Waals surface area contributed by atoms with E-state index in [2.05, 4.69) is 66.9 Å². The van der Waals surface area contributed by atoms with Crippen LogP contribution in [0.15, 0.2) is 100 Å². The Balaban J connectivity index is 1.19. The lowest BCUT2D eigenvalue weighted by molar-refractivity contribution is 0.0981. The average molecular weight is 639 g/mol. The van der Waals surface area contributed by atoms with Crippen LogP contribution < -0.4 is 9.62 Å². The normalized spacial score (nSPS) is 14.2. The molecule has 1 heterocycles. The van der Waals surface area contributed by atoms with Crippen molar-refractivity contribution >= 4 is 49.1 Å². The molecule has 0 unspecified atom stereocenters. The summed E-state index contributed by atoms with van der Waals surface area (Å²) in [6.07, 6.45) is 0. The number of hydrogen-bond acceptors (Lipinski definition) is 5. The number of amides is 1. The second-order valence-corrected chi connectivity index (χ2v) is 12.8. The van der Waals surface area contributed by atoms with Crippen LogP contribution in [0.1, 0.15) is 21.5 Å². The summed E-state index contributed by atoms with van der Waals surface area (Å²) in [6.45, 7) is 6.17. The lowest BCUT2D eigenvalue weighted by Crippen LogP contribution is -2.46. The molecule has 1 fully saturated rings. The summed E-state index contributed by atoms with van der Waals surface area (Å²) < 4.78 is 28.4. The Kier molecular flexibility index (Phi) is 8.61. The molecule has 0 atom stereocenters. The minimum absolute atomic E-state index is 0.0480. The first-order chi connectivity index (χ1) is 19.2. The van der Waals surface area contributed by atoms with E-state index in [4.69, 9.17) is 11.6 Å². The molecule has 0 spiro atoms. The van der Waals surface area contributed by atoms with Crippen LogP contribution in [0.3, 0.4) is 0 Å². The molecule has 1 saturated heterocycles. The first kappa shape index (κ1) is 28.4. The van der Waals surface area contributed by atoms with Crippen molar-refractivity contribution in [2.24, 2.45) is 0 Å². The number of nitrogens with zero attached hydrogens (tertiary/aromatic N) is 2. The van der Waals surface area contributed by atoms with Crippen LogP contribution in [-0.2, 0) is 16.6 Å². The maximum absolute atomic E-state index is 12.7. The van der Waals surface area contributed by atoms with Gasteiger partial charge in [-0.2, -0.15) is 0 Å². The molecule has 40 heavy (non-hydrogen) atoms. The summed E-state index contributed by atoms with van der Waals surface area (Å²) in [4.78, 5) is 17.5. The summed E-state index contributed by atoms with van der Waals surface area (Å²) >= 11 is 9.44. The van der Waals surface area contributed by atoms with Gasteiger partial charge in [0.05, 0.1) is 4.90 Å². The van der Waals surface area contributed by atoms with E-state index in [9.17, 15) is 13.2 Å². The van der Waals surface area contributed by atoms with E-state index >= 15 is 0 Å². The third kappa shape index (κ3) is 6.58. The molecule has 1 N–H and O–H groups in total. The van der Waals surface area contributed by atoms with Gasteiger partial charge in [-0.15, -0.1) is 0 Å². The van der Waals surface area contributed by atoms with Crippen LogP contribution in [0.2, 0.25) is 5.02 Å². The van der Waals surface area contributed by atoms with Crippen LogP contribution in [0, 0.1) is 6.92 Å². The maximum atomic E-state index is 12.7. The Hall–Kier alpha value is -3.17. The maximum Gasteiger partial charge on any atom is 0.264 e. The molecule has 0 aliphatic carbocycles. The monoisotopic (exact) mass is 637 g/mol. The highest BCUT2D eigenvalue weighted by Crippen LogP contribution is 2.27. The van der Waals surface area contributed by atoms with Gasteiger partial charge in [0, 0.05) is 53.5 Å². The number of anilines is 1. The molecule has 4 aromatic carbocycles. The zero-order chi connectivity index (χ0) is 28.3. The Morgan fingerprint density at radius 1 is 0.900 bits per heavy atom. The molecule has 9 heteroatoms. The van der Waals surface area contributed by atoms with E-state index < -0.39 is 15.9 Å². The van der Waals surface area contributed by atoms with Gasteiger partial charge in [0.1, 0.15) is 0 Å². The number of hydrogen-bond donors (Lipinski definition) is 1. The van der Waals surface area contributed by atoms with Crippen molar-refractivity contribution in [2.45, 2.75) is 18.4 Å². The topological polar surface area (TPSA) is 69.7 Å². The van der Waals surface area contributed by atoms with E-state index in [1.807, 2.05) is 24.3 Å². The van der Waals surface area contributed by atoms with E-state index in [1.54, 1.807) is 25.1 Å². The number of nitrogens with one attached hydrogen (secondary N) is 1. The van der Waals surface area contributed by atoms with Crippen molar-refractivity contribution in [1.29, 1.82) is 0 Å². The average Bonchev–Trinajstić information content (AvgIpc) is 2.95. The number of carbonyl (C=O) groups excluding carboxylic acids is 1. The highest BCUT2D eigenvalue weighted by Gasteiger charge is 2.21. The number of carbonyl (C=O) groups is 1. The Morgan fingerprint density at radius 3 is 2.25 bits per heavy atom.